The average Bonchev–Trinajstić information content (AvgIpc) is 4.53. The summed E-state index contributed by atoms with van der Waals surface area (Å²) >= 11 is 5.02. The SMILES string of the molecule is CC1=NS(=O)ON1.CC1OC(=O)NC1=O.CC1ONOC1=O.CC1SC(=O)NC1=O.Cc1n[nH]c(=O)[nH]1.Cc1n[nH]c(=O)n1C.Cc1nc(=O)[nH]o1.Cc1nc(=S)o[nH]1.Cc1nn[nH]n1.Cc1noc(=O)[nH]1.Cc1nsc(=O)[nH]1.Cn1oc(=O)[nH]c1=O. The molecule has 3 fully saturated rings. The van der Waals surface area contributed by atoms with E-state index in [0.29, 0.717) is 46.7 Å². The van der Waals surface area contributed by atoms with E-state index in [2.05, 4.69) is 145 Å². The fourth-order valence-electron chi connectivity index (χ4n) is 3.96. The zero-order chi connectivity index (χ0) is 65.9. The highest BCUT2D eigenvalue weighted by Crippen LogP contribution is 2.17. The smallest absolute Gasteiger partial charge is 0.436 e. The molecule has 50 heteroatoms. The Morgan fingerprint density at radius 3 is 1.52 bits per heavy atom. The number of H-pyrrole nitrogens is 9. The average molecular weight is 1310 g/mol. The number of ether oxygens (including phenoxy) is 1. The molecule has 8 aromatic rings. The van der Waals surface area contributed by atoms with E-state index in [-0.39, 0.29) is 49.4 Å². The third kappa shape index (κ3) is 34.2. The van der Waals surface area contributed by atoms with Gasteiger partial charge in [-0.15, -0.1) is 14.6 Å². The molecule has 0 radical (unpaired) electrons. The summed E-state index contributed by atoms with van der Waals surface area (Å²) in [5.74, 6) is 2.67. The molecule has 8 aromatic heterocycles. The number of carbonyl (C=O) groups is 5. The summed E-state index contributed by atoms with van der Waals surface area (Å²) in [6, 6.07) is 0. The van der Waals surface area contributed by atoms with Crippen molar-refractivity contribution in [2.24, 2.45) is 18.5 Å². The number of nitrogens with one attached hydrogen (secondary N) is 13. The first-order valence-corrected chi connectivity index (χ1v) is 26.1. The monoisotopic (exact) mass is 1310 g/mol. The molecule has 13 N–H and O–H groups in total. The van der Waals surface area contributed by atoms with Crippen LogP contribution < -0.4 is 60.9 Å². The van der Waals surface area contributed by atoms with Crippen LogP contribution in [0.25, 0.3) is 0 Å². The summed E-state index contributed by atoms with van der Waals surface area (Å²) in [6.45, 7) is 18.5. The summed E-state index contributed by atoms with van der Waals surface area (Å²) in [4.78, 5) is 147. The van der Waals surface area contributed by atoms with Crippen molar-refractivity contribution in [2.75, 3.05) is 0 Å². The number of cyclic esters (lactones) is 1. The molecule has 4 atom stereocenters. The van der Waals surface area contributed by atoms with Gasteiger partial charge < -0.3 is 23.1 Å². The van der Waals surface area contributed by atoms with Gasteiger partial charge in [0, 0.05) is 25.5 Å². The predicted molar refractivity (Wildman–Crippen MR) is 294 cm³/mol. The Morgan fingerprint density at radius 2 is 1.38 bits per heavy atom. The van der Waals surface area contributed by atoms with E-state index in [1.54, 1.807) is 76.3 Å². The van der Waals surface area contributed by atoms with Crippen molar-refractivity contribution in [1.29, 1.82) is 0 Å². The van der Waals surface area contributed by atoms with Gasteiger partial charge in [0.1, 0.15) is 35.0 Å². The minimum Gasteiger partial charge on any atom is -0.436 e. The van der Waals surface area contributed by atoms with Crippen molar-refractivity contribution in [2.45, 2.75) is 93.6 Å². The van der Waals surface area contributed by atoms with E-state index in [9.17, 15) is 61.7 Å². The molecule has 87 heavy (non-hydrogen) atoms. The van der Waals surface area contributed by atoms with Crippen LogP contribution in [0.4, 0.5) is 9.59 Å². The zero-order valence-electron chi connectivity index (χ0n) is 47.3. The Labute approximate surface area is 497 Å². The molecule has 4 unspecified atom stereocenters. The van der Waals surface area contributed by atoms with Crippen molar-refractivity contribution in [1.82, 2.24) is 122 Å². The number of aromatic nitrogens is 20. The van der Waals surface area contributed by atoms with E-state index in [4.69, 9.17) is 0 Å². The summed E-state index contributed by atoms with van der Waals surface area (Å²) < 4.78 is 45.4. The topological polar surface area (TPSA) is 640 Å². The number of hydroxylamine groups is 1. The molecule has 46 nitrogen and oxygen atoms in total. The number of alkyl carbamates (subject to hydrolysis) is 1. The van der Waals surface area contributed by atoms with E-state index in [1.807, 2.05) is 21.1 Å². The van der Waals surface area contributed by atoms with Crippen LogP contribution >= 0.6 is 35.5 Å². The fourth-order valence-corrected chi connectivity index (χ4v) is 5.74. The van der Waals surface area contributed by atoms with Gasteiger partial charge in [-0.05, 0) is 87.1 Å². The van der Waals surface area contributed by atoms with Crippen molar-refractivity contribution < 1.29 is 65.0 Å². The van der Waals surface area contributed by atoms with E-state index < -0.39 is 52.5 Å². The predicted octanol–water partition coefficient (Wildman–Crippen LogP) is -3.59. The van der Waals surface area contributed by atoms with Crippen LogP contribution in [0.1, 0.15) is 68.5 Å². The lowest BCUT2D eigenvalue weighted by Gasteiger charge is -1.91. The van der Waals surface area contributed by atoms with Crippen LogP contribution in [0.15, 0.2) is 56.1 Å². The molecular weight excluding hydrogens is 1260 g/mol. The second-order valence-electron chi connectivity index (χ2n) is 15.2. The largest absolute Gasteiger partial charge is 0.440 e. The van der Waals surface area contributed by atoms with E-state index >= 15 is 0 Å². The standard InChI is InChI=1S/C4H7N3O.C4H5NO3.C4H5NO2S.C3H5N3O.C3H4N2O3.2C3H4N2O2.2C3H4N2OS.C3H5NO3.C2H4N4.C2H4N2O2S/c1-3-5-6-4(8)7(3)2;2*1-2-3(6)5-4(7)8-2;1-2-4-3(7)6-5-2;1-5-2(6)4-3(7)8-5;1-2-4-3(6)5-7-2;2*1-2-4-3(6)7-5-2;1-2-4-3(7)6-5-2;1-2-3(5)7-4-6-2;1-2-3-5-6-4-2;1-2-3-6-7(5)4-2/h1-2H3,(H,6,8);2*2H,1H3,(H,5,6,7);1H3,(H2,4,5,6,7);1H3,(H,4,6,7);1H3,(H,5,6);2*1H3,(H,4,5,6);1H3,(H,4,5,7);2,4H,1H3;1H3,(H,3,4,5,6);1H3,(H,3,4). The van der Waals surface area contributed by atoms with Crippen LogP contribution in [0.2, 0.25) is 0 Å². The lowest BCUT2D eigenvalue weighted by Crippen LogP contribution is -2.22. The molecule has 4 aliphatic heterocycles. The number of hydrogen-bond acceptors (Lipinski definition) is 35. The van der Waals surface area contributed by atoms with Gasteiger partial charge in [-0.25, -0.2) is 68.4 Å². The van der Waals surface area contributed by atoms with Gasteiger partial charge in [0.15, 0.2) is 18.0 Å². The van der Waals surface area contributed by atoms with Gasteiger partial charge in [-0.2, -0.15) is 43.9 Å². The maximum Gasteiger partial charge on any atom is 0.440 e. The number of rotatable bonds is 0. The Bertz CT molecular complexity index is 3610. The maximum absolute atomic E-state index is 10.5. The first-order chi connectivity index (χ1) is 40.7. The summed E-state index contributed by atoms with van der Waals surface area (Å²) in [7, 11) is 3.02. The Morgan fingerprint density at radius 1 is 0.690 bits per heavy atom. The van der Waals surface area contributed by atoms with Crippen LogP contribution in [-0.4, -0.2) is 157 Å². The molecule has 4 aliphatic rings. The molecule has 12 rings (SSSR count). The van der Waals surface area contributed by atoms with E-state index in [1.165, 1.54) is 18.5 Å². The first kappa shape index (κ1) is 74.7. The number of hydrogen-bond donors (Lipinski definition) is 13. The molecule has 0 spiro atoms. The molecule has 0 bridgehead atoms. The van der Waals surface area contributed by atoms with E-state index in [0.717, 1.165) is 28.0 Å². The highest BCUT2D eigenvalue weighted by atomic mass is 32.2. The van der Waals surface area contributed by atoms with Gasteiger partial charge in [0.2, 0.25) is 11.8 Å². The van der Waals surface area contributed by atoms with Gasteiger partial charge in [-0.1, -0.05) is 22.1 Å². The quantitative estimate of drug-likeness (QED) is 0.0653. The minimum absolute atomic E-state index is 0.0856. The van der Waals surface area contributed by atoms with Crippen LogP contribution in [-0.2, 0) is 58.4 Å². The summed E-state index contributed by atoms with van der Waals surface area (Å²) in [5, 5.41) is 35.9. The van der Waals surface area contributed by atoms with Crippen molar-refractivity contribution >= 4 is 81.7 Å². The second kappa shape index (κ2) is 39.3. The number of amidine groups is 1. The van der Waals surface area contributed by atoms with Gasteiger partial charge in [0.25, 0.3) is 11.1 Å². The lowest BCUT2D eigenvalue weighted by molar-refractivity contribution is -0.147. The number of thioether (sulfide) groups is 1. The van der Waals surface area contributed by atoms with Gasteiger partial charge >= 0.3 is 67.3 Å². The van der Waals surface area contributed by atoms with Crippen molar-refractivity contribution in [3.8, 4) is 0 Å². The molecule has 4 amide bonds. The zero-order valence-corrected chi connectivity index (χ0v) is 50.6. The number of aromatic amines is 9. The molecule has 0 saturated carbocycles. The third-order valence-electron chi connectivity index (χ3n) is 8.00. The van der Waals surface area contributed by atoms with Crippen LogP contribution in [0.5, 0.6) is 0 Å². The van der Waals surface area contributed by atoms with Crippen LogP contribution in [0.3, 0.4) is 0 Å². The number of aryl methyl sites for hydroxylation is 8. The third-order valence-corrected chi connectivity index (χ3v) is 10.3. The highest BCUT2D eigenvalue weighted by molar-refractivity contribution is 8.15. The Kier molecular flexibility index (Phi) is 33.7. The minimum atomic E-state index is -1.48. The maximum atomic E-state index is 10.5. The van der Waals surface area contributed by atoms with Crippen molar-refractivity contribution in [3.05, 3.63) is 118 Å². The fraction of sp³-hybridized carbons (Fsp3) is 0.432. The van der Waals surface area contributed by atoms with Crippen LogP contribution in [0, 0.1) is 53.3 Å². The first-order valence-electron chi connectivity index (χ1n) is 23.0. The number of imide groups is 2. The van der Waals surface area contributed by atoms with Gasteiger partial charge in [0.05, 0.1) is 12.3 Å². The van der Waals surface area contributed by atoms with Crippen molar-refractivity contribution in [3.63, 3.8) is 0 Å². The number of amides is 4. The Balaban J connectivity index is 0.000000475. The number of nitrogens with zero attached hydrogens (tertiary/aromatic N) is 12. The molecule has 12 heterocycles. The molecule has 478 valence electrons. The summed E-state index contributed by atoms with van der Waals surface area (Å²) in [6.07, 6.45) is -1.72. The number of carbonyl (C=O) groups excluding carboxylic acids is 5. The molecule has 0 aromatic carbocycles. The Hall–Kier alpha value is -10.3. The lowest BCUT2D eigenvalue weighted by atomic mass is 10.4. The molecule has 3 saturated heterocycles. The molecule has 0 aliphatic carbocycles. The van der Waals surface area contributed by atoms with Gasteiger partial charge in [-0.3, -0.25) is 58.7 Å². The normalized spacial score (nSPS) is 16.1. The molecular formula is C37H55N25O21S4. The number of tetrazole rings is 1. The summed E-state index contributed by atoms with van der Waals surface area (Å²) in [5.41, 5.74) is 2.91. The second-order valence-corrected chi connectivity index (χ2v) is 18.4. The highest BCUT2D eigenvalue weighted by Gasteiger charge is 2.27.